The average Bonchev–Trinajstić information content (AvgIpc) is 2.81. The minimum Gasteiger partial charge on any atom is -0.303 e. The molecular formula is C9H19NS. The molecule has 0 bridgehead atoms. The van der Waals surface area contributed by atoms with Crippen molar-refractivity contribution in [3.63, 3.8) is 0 Å². The maximum atomic E-state index is 4.21. The average molecular weight is 173 g/mol. The van der Waals surface area contributed by atoms with Gasteiger partial charge >= 0.3 is 0 Å². The SMILES string of the molecule is CCN(CCCS)CC1CC1. The van der Waals surface area contributed by atoms with Crippen LogP contribution in [0.1, 0.15) is 26.2 Å². The molecule has 1 nitrogen and oxygen atoms in total. The third kappa shape index (κ3) is 4.02. The van der Waals surface area contributed by atoms with E-state index in [2.05, 4.69) is 24.5 Å². The number of hydrogen-bond donors (Lipinski definition) is 1. The summed E-state index contributed by atoms with van der Waals surface area (Å²) in [7, 11) is 0. The second kappa shape index (κ2) is 5.04. The van der Waals surface area contributed by atoms with Crippen LogP contribution in [0.3, 0.4) is 0 Å². The van der Waals surface area contributed by atoms with E-state index in [1.807, 2.05) is 0 Å². The Bertz CT molecular complexity index is 102. The zero-order chi connectivity index (χ0) is 8.10. The van der Waals surface area contributed by atoms with Crippen molar-refractivity contribution < 1.29 is 0 Å². The number of hydrogen-bond acceptors (Lipinski definition) is 2. The van der Waals surface area contributed by atoms with E-state index in [9.17, 15) is 0 Å². The molecule has 0 amide bonds. The van der Waals surface area contributed by atoms with Crippen molar-refractivity contribution in [1.29, 1.82) is 0 Å². The van der Waals surface area contributed by atoms with Gasteiger partial charge in [0.1, 0.15) is 0 Å². The molecule has 2 heteroatoms. The van der Waals surface area contributed by atoms with Crippen LogP contribution in [0, 0.1) is 5.92 Å². The summed E-state index contributed by atoms with van der Waals surface area (Å²) in [5.74, 6) is 2.07. The van der Waals surface area contributed by atoms with E-state index >= 15 is 0 Å². The fourth-order valence-corrected chi connectivity index (χ4v) is 1.48. The molecule has 1 aliphatic carbocycles. The van der Waals surface area contributed by atoms with E-state index in [1.54, 1.807) is 0 Å². The topological polar surface area (TPSA) is 3.24 Å². The lowest BCUT2D eigenvalue weighted by atomic mass is 10.3. The molecule has 0 aromatic rings. The molecular weight excluding hydrogens is 154 g/mol. The second-order valence-electron chi connectivity index (χ2n) is 3.41. The summed E-state index contributed by atoms with van der Waals surface area (Å²) in [5.41, 5.74) is 0. The molecule has 0 atom stereocenters. The second-order valence-corrected chi connectivity index (χ2v) is 3.86. The van der Waals surface area contributed by atoms with Gasteiger partial charge in [-0.1, -0.05) is 6.92 Å². The van der Waals surface area contributed by atoms with Crippen LogP contribution in [0.4, 0.5) is 0 Å². The van der Waals surface area contributed by atoms with Crippen molar-refractivity contribution >= 4 is 12.6 Å². The maximum absolute atomic E-state index is 4.21. The smallest absolute Gasteiger partial charge is 0.000955 e. The van der Waals surface area contributed by atoms with Gasteiger partial charge in [0.2, 0.25) is 0 Å². The first kappa shape index (κ1) is 9.40. The molecule has 66 valence electrons. The Morgan fingerprint density at radius 1 is 1.45 bits per heavy atom. The zero-order valence-electron chi connectivity index (χ0n) is 7.42. The van der Waals surface area contributed by atoms with Gasteiger partial charge in [-0.2, -0.15) is 12.6 Å². The Kier molecular flexibility index (Phi) is 4.31. The fourth-order valence-electron chi connectivity index (χ4n) is 1.34. The summed E-state index contributed by atoms with van der Waals surface area (Å²) in [6.07, 6.45) is 4.18. The summed E-state index contributed by atoms with van der Waals surface area (Å²) >= 11 is 4.21. The number of thiol groups is 1. The van der Waals surface area contributed by atoms with Gasteiger partial charge < -0.3 is 4.90 Å². The lowest BCUT2D eigenvalue weighted by Gasteiger charge is -2.19. The predicted molar refractivity (Wildman–Crippen MR) is 53.3 cm³/mol. The fraction of sp³-hybridized carbons (Fsp3) is 1.00. The Morgan fingerprint density at radius 2 is 2.18 bits per heavy atom. The van der Waals surface area contributed by atoms with Gasteiger partial charge in [-0.3, -0.25) is 0 Å². The molecule has 0 N–H and O–H groups in total. The molecule has 0 aliphatic heterocycles. The van der Waals surface area contributed by atoms with Crippen LogP contribution in [-0.4, -0.2) is 30.3 Å². The first-order valence-corrected chi connectivity index (χ1v) is 5.33. The molecule has 0 unspecified atom stereocenters. The quantitative estimate of drug-likeness (QED) is 0.602. The van der Waals surface area contributed by atoms with Crippen LogP contribution in [0.15, 0.2) is 0 Å². The highest BCUT2D eigenvalue weighted by atomic mass is 32.1. The standard InChI is InChI=1S/C9H19NS/c1-2-10(6-3-7-11)8-9-4-5-9/h9,11H,2-8H2,1H3. The highest BCUT2D eigenvalue weighted by Gasteiger charge is 2.23. The molecule has 0 aromatic carbocycles. The molecule has 1 aliphatic rings. The van der Waals surface area contributed by atoms with Crippen molar-refractivity contribution in [3.05, 3.63) is 0 Å². The molecule has 1 saturated carbocycles. The molecule has 0 saturated heterocycles. The minimum atomic E-state index is 1.03. The van der Waals surface area contributed by atoms with E-state index in [-0.39, 0.29) is 0 Å². The van der Waals surface area contributed by atoms with Crippen LogP contribution in [0.25, 0.3) is 0 Å². The highest BCUT2D eigenvalue weighted by Crippen LogP contribution is 2.29. The zero-order valence-corrected chi connectivity index (χ0v) is 8.32. The van der Waals surface area contributed by atoms with Crippen molar-refractivity contribution in [1.82, 2.24) is 4.90 Å². The van der Waals surface area contributed by atoms with Crippen LogP contribution in [0.5, 0.6) is 0 Å². The molecule has 0 radical (unpaired) electrons. The molecule has 0 aromatic heterocycles. The molecule has 11 heavy (non-hydrogen) atoms. The van der Waals surface area contributed by atoms with Crippen molar-refractivity contribution in [2.45, 2.75) is 26.2 Å². The van der Waals surface area contributed by atoms with Crippen molar-refractivity contribution in [3.8, 4) is 0 Å². The summed E-state index contributed by atoms with van der Waals surface area (Å²) in [6, 6.07) is 0. The lowest BCUT2D eigenvalue weighted by Crippen LogP contribution is -2.27. The van der Waals surface area contributed by atoms with Gasteiger partial charge in [0.05, 0.1) is 0 Å². The van der Waals surface area contributed by atoms with Crippen LogP contribution >= 0.6 is 12.6 Å². The number of nitrogens with zero attached hydrogens (tertiary/aromatic N) is 1. The van der Waals surface area contributed by atoms with Crippen LogP contribution in [-0.2, 0) is 0 Å². The van der Waals surface area contributed by atoms with Gasteiger partial charge in [0.25, 0.3) is 0 Å². The Morgan fingerprint density at radius 3 is 2.64 bits per heavy atom. The predicted octanol–water partition coefficient (Wildman–Crippen LogP) is 2.04. The first-order chi connectivity index (χ1) is 5.36. The summed E-state index contributed by atoms with van der Waals surface area (Å²) in [6.45, 7) is 6.05. The van der Waals surface area contributed by atoms with E-state index in [4.69, 9.17) is 0 Å². The molecule has 0 spiro atoms. The largest absolute Gasteiger partial charge is 0.303 e. The van der Waals surface area contributed by atoms with Gasteiger partial charge in [0, 0.05) is 6.54 Å². The van der Waals surface area contributed by atoms with Gasteiger partial charge in [-0.25, -0.2) is 0 Å². The van der Waals surface area contributed by atoms with Crippen LogP contribution < -0.4 is 0 Å². The summed E-state index contributed by atoms with van der Waals surface area (Å²) in [4.78, 5) is 2.55. The van der Waals surface area contributed by atoms with E-state index < -0.39 is 0 Å². The lowest BCUT2D eigenvalue weighted by molar-refractivity contribution is 0.278. The Labute approximate surface area is 75.6 Å². The molecule has 1 fully saturated rings. The highest BCUT2D eigenvalue weighted by molar-refractivity contribution is 7.80. The Hall–Kier alpha value is 0.310. The summed E-state index contributed by atoms with van der Waals surface area (Å²) in [5, 5.41) is 0. The van der Waals surface area contributed by atoms with Crippen LogP contribution in [0.2, 0.25) is 0 Å². The molecule has 1 rings (SSSR count). The van der Waals surface area contributed by atoms with Gasteiger partial charge in [0.15, 0.2) is 0 Å². The normalized spacial score (nSPS) is 17.7. The van der Waals surface area contributed by atoms with E-state index in [0.717, 1.165) is 11.7 Å². The molecule has 0 heterocycles. The van der Waals surface area contributed by atoms with Crippen molar-refractivity contribution in [2.75, 3.05) is 25.4 Å². The third-order valence-corrected chi connectivity index (χ3v) is 2.61. The van der Waals surface area contributed by atoms with Gasteiger partial charge in [-0.15, -0.1) is 0 Å². The monoisotopic (exact) mass is 173 g/mol. The first-order valence-electron chi connectivity index (χ1n) is 4.70. The summed E-state index contributed by atoms with van der Waals surface area (Å²) < 4.78 is 0. The third-order valence-electron chi connectivity index (χ3n) is 2.29. The van der Waals surface area contributed by atoms with Gasteiger partial charge in [-0.05, 0) is 44.0 Å². The van der Waals surface area contributed by atoms with E-state index in [0.29, 0.717) is 0 Å². The number of rotatable bonds is 6. The van der Waals surface area contributed by atoms with E-state index in [1.165, 1.54) is 38.9 Å². The maximum Gasteiger partial charge on any atom is 0.000955 e. The van der Waals surface area contributed by atoms with Crippen molar-refractivity contribution in [2.24, 2.45) is 5.92 Å². The minimum absolute atomic E-state index is 1.03. The Balaban J connectivity index is 2.02.